The minimum absolute atomic E-state index is 0.0732. The van der Waals surface area contributed by atoms with E-state index in [2.05, 4.69) is 5.32 Å². The first-order valence-corrected chi connectivity index (χ1v) is 7.47. The second-order valence-electron chi connectivity index (χ2n) is 4.84. The minimum Gasteiger partial charge on any atom is -0.487 e. The SMILES string of the molecule is COCCOc1c(Cl)cccc1NC(=O)c1ccc(F)c([N+](=O)[O-])c1. The first-order valence-electron chi connectivity index (χ1n) is 7.09. The van der Waals surface area contributed by atoms with Crippen molar-refractivity contribution < 1.29 is 23.6 Å². The van der Waals surface area contributed by atoms with Crippen molar-refractivity contribution >= 4 is 28.9 Å². The van der Waals surface area contributed by atoms with Gasteiger partial charge in [-0.15, -0.1) is 0 Å². The molecule has 132 valence electrons. The monoisotopic (exact) mass is 368 g/mol. The van der Waals surface area contributed by atoms with Crippen molar-refractivity contribution in [3.63, 3.8) is 0 Å². The third-order valence-electron chi connectivity index (χ3n) is 3.15. The van der Waals surface area contributed by atoms with Crippen LogP contribution < -0.4 is 10.1 Å². The number of nitrogens with zero attached hydrogens (tertiary/aromatic N) is 1. The molecule has 1 N–H and O–H groups in total. The maximum Gasteiger partial charge on any atom is 0.305 e. The van der Waals surface area contributed by atoms with E-state index in [1.54, 1.807) is 18.2 Å². The van der Waals surface area contributed by atoms with Crippen molar-refractivity contribution in [2.24, 2.45) is 0 Å². The van der Waals surface area contributed by atoms with Crippen molar-refractivity contribution in [3.8, 4) is 5.75 Å². The number of anilines is 1. The summed E-state index contributed by atoms with van der Waals surface area (Å²) in [7, 11) is 1.51. The Morgan fingerprint density at radius 2 is 2.08 bits per heavy atom. The van der Waals surface area contributed by atoms with E-state index in [-0.39, 0.29) is 28.6 Å². The first kappa shape index (κ1) is 18.6. The summed E-state index contributed by atoms with van der Waals surface area (Å²) in [5.74, 6) is -1.44. The molecule has 0 spiro atoms. The normalized spacial score (nSPS) is 10.4. The van der Waals surface area contributed by atoms with Gasteiger partial charge in [0.2, 0.25) is 5.82 Å². The number of ether oxygens (including phenoxy) is 2. The minimum atomic E-state index is -1.02. The van der Waals surface area contributed by atoms with Crippen LogP contribution in [0.15, 0.2) is 36.4 Å². The van der Waals surface area contributed by atoms with E-state index in [0.29, 0.717) is 6.61 Å². The number of nitrogens with one attached hydrogen (secondary N) is 1. The van der Waals surface area contributed by atoms with Gasteiger partial charge in [-0.05, 0) is 24.3 Å². The van der Waals surface area contributed by atoms with E-state index in [1.807, 2.05) is 0 Å². The highest BCUT2D eigenvalue weighted by atomic mass is 35.5. The molecule has 0 aliphatic rings. The number of carbonyl (C=O) groups excluding carboxylic acids is 1. The summed E-state index contributed by atoms with van der Waals surface area (Å²) >= 11 is 6.07. The van der Waals surface area contributed by atoms with Crippen molar-refractivity contribution in [2.45, 2.75) is 0 Å². The number of halogens is 2. The third-order valence-corrected chi connectivity index (χ3v) is 3.45. The number of nitro groups is 1. The molecule has 0 radical (unpaired) electrons. The number of para-hydroxylation sites is 1. The molecular formula is C16H14ClFN2O5. The zero-order chi connectivity index (χ0) is 18.4. The molecule has 2 aromatic carbocycles. The molecule has 0 bridgehead atoms. The number of amides is 1. The highest BCUT2D eigenvalue weighted by Gasteiger charge is 2.19. The lowest BCUT2D eigenvalue weighted by atomic mass is 10.1. The summed E-state index contributed by atoms with van der Waals surface area (Å²) < 4.78 is 23.7. The molecule has 7 nitrogen and oxygen atoms in total. The number of hydrogen-bond donors (Lipinski definition) is 1. The van der Waals surface area contributed by atoms with Gasteiger partial charge in [-0.1, -0.05) is 17.7 Å². The van der Waals surface area contributed by atoms with Gasteiger partial charge in [0, 0.05) is 18.7 Å². The Balaban J connectivity index is 2.25. The summed E-state index contributed by atoms with van der Waals surface area (Å²) in [5, 5.41) is 13.6. The summed E-state index contributed by atoms with van der Waals surface area (Å²) in [5.41, 5.74) is -0.577. The Morgan fingerprint density at radius 3 is 2.76 bits per heavy atom. The van der Waals surface area contributed by atoms with Crippen molar-refractivity contribution in [1.29, 1.82) is 0 Å². The molecule has 2 rings (SSSR count). The van der Waals surface area contributed by atoms with Crippen LogP contribution in [-0.2, 0) is 4.74 Å². The van der Waals surface area contributed by atoms with Gasteiger partial charge in [0.15, 0.2) is 5.75 Å². The van der Waals surface area contributed by atoms with E-state index in [4.69, 9.17) is 21.1 Å². The van der Waals surface area contributed by atoms with E-state index in [0.717, 1.165) is 18.2 Å². The topological polar surface area (TPSA) is 90.7 Å². The maximum atomic E-state index is 13.4. The predicted molar refractivity (Wildman–Crippen MR) is 89.8 cm³/mol. The van der Waals surface area contributed by atoms with Crippen LogP contribution in [-0.4, -0.2) is 31.2 Å². The van der Waals surface area contributed by atoms with E-state index in [9.17, 15) is 19.3 Å². The van der Waals surface area contributed by atoms with Crippen LogP contribution in [0.4, 0.5) is 15.8 Å². The van der Waals surface area contributed by atoms with E-state index in [1.165, 1.54) is 7.11 Å². The van der Waals surface area contributed by atoms with Crippen molar-refractivity contribution in [3.05, 3.63) is 62.9 Å². The quantitative estimate of drug-likeness (QED) is 0.457. The largest absolute Gasteiger partial charge is 0.487 e. The molecule has 25 heavy (non-hydrogen) atoms. The van der Waals surface area contributed by atoms with E-state index < -0.39 is 22.3 Å². The molecular weight excluding hydrogens is 355 g/mol. The van der Waals surface area contributed by atoms with Gasteiger partial charge in [-0.3, -0.25) is 14.9 Å². The molecule has 2 aromatic rings. The lowest BCUT2D eigenvalue weighted by Gasteiger charge is -2.14. The third kappa shape index (κ3) is 4.65. The number of methoxy groups -OCH3 is 1. The molecule has 0 aliphatic heterocycles. The van der Waals surface area contributed by atoms with Gasteiger partial charge in [0.1, 0.15) is 6.61 Å². The van der Waals surface area contributed by atoms with Gasteiger partial charge < -0.3 is 14.8 Å². The zero-order valence-corrected chi connectivity index (χ0v) is 13.9. The molecule has 0 unspecified atom stereocenters. The Labute approximate surface area is 147 Å². The number of benzene rings is 2. The fourth-order valence-electron chi connectivity index (χ4n) is 1.97. The molecule has 0 aromatic heterocycles. The van der Waals surface area contributed by atoms with Crippen LogP contribution in [0.3, 0.4) is 0 Å². The average molecular weight is 369 g/mol. The predicted octanol–water partition coefficient (Wildman–Crippen LogP) is 3.66. The Kier molecular flexibility index (Phi) is 6.26. The Hall–Kier alpha value is -2.71. The zero-order valence-electron chi connectivity index (χ0n) is 13.1. The molecule has 9 heteroatoms. The van der Waals surface area contributed by atoms with Crippen LogP contribution >= 0.6 is 11.6 Å². The molecule has 0 atom stereocenters. The van der Waals surface area contributed by atoms with Gasteiger partial charge in [-0.2, -0.15) is 4.39 Å². The Bertz CT molecular complexity index is 800. The van der Waals surface area contributed by atoms with Gasteiger partial charge in [0.25, 0.3) is 5.91 Å². The van der Waals surface area contributed by atoms with Gasteiger partial charge in [-0.25, -0.2) is 0 Å². The number of carbonyl (C=O) groups is 1. The molecule has 1 amide bonds. The average Bonchev–Trinajstić information content (AvgIpc) is 2.57. The highest BCUT2D eigenvalue weighted by Crippen LogP contribution is 2.33. The van der Waals surface area contributed by atoms with Gasteiger partial charge in [0.05, 0.1) is 22.2 Å². The number of rotatable bonds is 7. The fraction of sp³-hybridized carbons (Fsp3) is 0.188. The van der Waals surface area contributed by atoms with Crippen LogP contribution in [0.5, 0.6) is 5.75 Å². The summed E-state index contributed by atoms with van der Waals surface area (Å²) in [6.07, 6.45) is 0. The summed E-state index contributed by atoms with van der Waals surface area (Å²) in [4.78, 5) is 22.2. The van der Waals surface area contributed by atoms with Crippen molar-refractivity contribution in [2.75, 3.05) is 25.6 Å². The molecule has 0 heterocycles. The molecule has 0 saturated heterocycles. The fourth-order valence-corrected chi connectivity index (χ4v) is 2.20. The number of nitro benzene ring substituents is 1. The van der Waals surface area contributed by atoms with Crippen LogP contribution in [0, 0.1) is 15.9 Å². The lowest BCUT2D eigenvalue weighted by Crippen LogP contribution is -2.14. The molecule has 0 fully saturated rings. The van der Waals surface area contributed by atoms with Crippen LogP contribution in [0.2, 0.25) is 5.02 Å². The lowest BCUT2D eigenvalue weighted by molar-refractivity contribution is -0.387. The summed E-state index contributed by atoms with van der Waals surface area (Å²) in [6, 6.07) is 7.62. The van der Waals surface area contributed by atoms with E-state index >= 15 is 0 Å². The molecule has 0 saturated carbocycles. The first-order chi connectivity index (χ1) is 11.9. The number of hydrogen-bond acceptors (Lipinski definition) is 5. The van der Waals surface area contributed by atoms with Crippen LogP contribution in [0.1, 0.15) is 10.4 Å². The Morgan fingerprint density at radius 1 is 1.32 bits per heavy atom. The second-order valence-corrected chi connectivity index (χ2v) is 5.24. The van der Waals surface area contributed by atoms with Gasteiger partial charge >= 0.3 is 5.69 Å². The smallest absolute Gasteiger partial charge is 0.305 e. The standard InChI is InChI=1S/C16H14ClFN2O5/c1-24-7-8-25-15-11(17)3-2-4-13(15)19-16(21)10-5-6-12(18)14(9-10)20(22)23/h2-6,9H,7-8H2,1H3,(H,19,21). The second kappa shape index (κ2) is 8.41. The highest BCUT2D eigenvalue weighted by molar-refractivity contribution is 6.32. The van der Waals surface area contributed by atoms with Crippen molar-refractivity contribution in [1.82, 2.24) is 0 Å². The van der Waals surface area contributed by atoms with Crippen LogP contribution in [0.25, 0.3) is 0 Å². The summed E-state index contributed by atoms with van der Waals surface area (Å²) in [6.45, 7) is 0.536. The molecule has 0 aliphatic carbocycles. The maximum absolute atomic E-state index is 13.4.